The zero-order chi connectivity index (χ0) is 30.0. The summed E-state index contributed by atoms with van der Waals surface area (Å²) >= 11 is 0. The van der Waals surface area contributed by atoms with E-state index in [4.69, 9.17) is 5.11 Å². The van der Waals surface area contributed by atoms with Gasteiger partial charge in [0.25, 0.3) is 5.91 Å². The van der Waals surface area contributed by atoms with E-state index in [-0.39, 0.29) is 40.4 Å². The van der Waals surface area contributed by atoms with E-state index < -0.39 is 23.6 Å². The van der Waals surface area contributed by atoms with Crippen molar-refractivity contribution in [3.63, 3.8) is 0 Å². The number of carboxylic acid groups (broad SMARTS) is 1. The lowest BCUT2D eigenvalue weighted by Gasteiger charge is -2.33. The average molecular weight is 578 g/mol. The predicted molar refractivity (Wildman–Crippen MR) is 147 cm³/mol. The lowest BCUT2D eigenvalue weighted by molar-refractivity contribution is -0.138. The van der Waals surface area contributed by atoms with Crippen LogP contribution in [0, 0.1) is 18.8 Å². The van der Waals surface area contributed by atoms with Crippen LogP contribution in [0.1, 0.15) is 48.8 Å². The summed E-state index contributed by atoms with van der Waals surface area (Å²) in [6.45, 7) is 4.91. The van der Waals surface area contributed by atoms with E-state index in [0.717, 1.165) is 30.9 Å². The Morgan fingerprint density at radius 1 is 1.00 bits per heavy atom. The van der Waals surface area contributed by atoms with Gasteiger partial charge in [0.2, 0.25) is 5.82 Å². The molecule has 5 rings (SSSR count). The summed E-state index contributed by atoms with van der Waals surface area (Å²) in [5.41, 5.74) is 1.01. The molecule has 1 fully saturated rings. The zero-order valence-electron chi connectivity index (χ0n) is 22.7. The van der Waals surface area contributed by atoms with Crippen LogP contribution >= 0.6 is 0 Å². The molecule has 1 saturated heterocycles. The van der Waals surface area contributed by atoms with Crippen LogP contribution in [0.15, 0.2) is 48.7 Å². The summed E-state index contributed by atoms with van der Waals surface area (Å²) in [6.07, 6.45) is -3.42. The molecule has 1 aliphatic rings. The summed E-state index contributed by atoms with van der Waals surface area (Å²) in [5.74, 6) is 4.16. The third-order valence-electron chi connectivity index (χ3n) is 6.98. The van der Waals surface area contributed by atoms with Gasteiger partial charge in [-0.15, -0.1) is 10.2 Å². The predicted octanol–water partition coefficient (Wildman–Crippen LogP) is 3.55. The number of piperazine rings is 1. The Bertz CT molecular complexity index is 1730. The molecule has 13 heteroatoms. The number of hydrogen-bond donors (Lipinski definition) is 2. The molecular weight excluding hydrogens is 551 g/mol. The standard InChI is InChI=1S/C29H26F3N7O3/c1-18-3-4-20(13-19(18)6-8-25-35-36-26-14-22(28(41)42)16-33-39(25)26)27(40)34-23-7-5-21(24(15-23)29(30,31)32)17-38-11-9-37(2)10-12-38/h3-5,7,13-16H,9-12,17H2,1-2H3,(H,34,40)(H,41,42). The number of aromatic carboxylic acids is 1. The molecule has 0 bridgehead atoms. The molecule has 42 heavy (non-hydrogen) atoms. The molecule has 0 saturated carbocycles. The van der Waals surface area contributed by atoms with Gasteiger partial charge < -0.3 is 15.3 Å². The smallest absolute Gasteiger partial charge is 0.416 e. The fraction of sp³-hybridized carbons (Fsp3) is 0.276. The average Bonchev–Trinajstić information content (AvgIpc) is 3.36. The van der Waals surface area contributed by atoms with Crippen LogP contribution in [-0.4, -0.2) is 79.8 Å². The minimum absolute atomic E-state index is 0.0318. The second kappa shape index (κ2) is 11.6. The van der Waals surface area contributed by atoms with Gasteiger partial charge in [-0.3, -0.25) is 9.69 Å². The lowest BCUT2D eigenvalue weighted by Crippen LogP contribution is -2.44. The van der Waals surface area contributed by atoms with Crippen LogP contribution in [0.25, 0.3) is 5.65 Å². The van der Waals surface area contributed by atoms with Crippen molar-refractivity contribution in [3.8, 4) is 11.8 Å². The van der Waals surface area contributed by atoms with Gasteiger partial charge in [-0.25, -0.2) is 4.79 Å². The number of nitrogens with one attached hydrogen (secondary N) is 1. The number of alkyl halides is 3. The number of aryl methyl sites for hydroxylation is 1. The maximum Gasteiger partial charge on any atom is 0.416 e. The van der Waals surface area contributed by atoms with Crippen molar-refractivity contribution < 1.29 is 27.9 Å². The molecule has 0 aliphatic carbocycles. The van der Waals surface area contributed by atoms with Crippen LogP contribution in [0.5, 0.6) is 0 Å². The molecule has 1 aliphatic heterocycles. The zero-order valence-corrected chi connectivity index (χ0v) is 22.7. The molecule has 2 N–H and O–H groups in total. The van der Waals surface area contributed by atoms with Crippen molar-refractivity contribution >= 4 is 23.2 Å². The summed E-state index contributed by atoms with van der Waals surface area (Å²) in [6, 6.07) is 9.95. The van der Waals surface area contributed by atoms with Gasteiger partial charge >= 0.3 is 12.1 Å². The molecule has 2 aromatic heterocycles. The van der Waals surface area contributed by atoms with Crippen molar-refractivity contribution in [1.29, 1.82) is 0 Å². The highest BCUT2D eigenvalue weighted by Gasteiger charge is 2.34. The first-order chi connectivity index (χ1) is 20.0. The Morgan fingerprint density at radius 2 is 1.76 bits per heavy atom. The largest absolute Gasteiger partial charge is 0.478 e. The van der Waals surface area contributed by atoms with Crippen LogP contribution in [-0.2, 0) is 12.7 Å². The third kappa shape index (κ3) is 6.40. The number of rotatable bonds is 5. The molecule has 10 nitrogen and oxygen atoms in total. The van der Waals surface area contributed by atoms with E-state index in [0.29, 0.717) is 18.7 Å². The Morgan fingerprint density at radius 3 is 2.48 bits per heavy atom. The maximum absolute atomic E-state index is 14.0. The molecule has 4 aromatic rings. The van der Waals surface area contributed by atoms with Crippen molar-refractivity contribution in [2.45, 2.75) is 19.6 Å². The molecule has 216 valence electrons. The number of carbonyl (C=O) groups is 2. The number of aromatic nitrogens is 4. The van der Waals surface area contributed by atoms with E-state index in [9.17, 15) is 22.8 Å². The van der Waals surface area contributed by atoms with Gasteiger partial charge in [0, 0.05) is 55.6 Å². The number of hydrogen-bond acceptors (Lipinski definition) is 7. The summed E-state index contributed by atoms with van der Waals surface area (Å²) < 4.78 is 43.2. The first-order valence-electron chi connectivity index (χ1n) is 13.0. The number of benzene rings is 2. The minimum atomic E-state index is -4.58. The van der Waals surface area contributed by atoms with E-state index in [1.807, 2.05) is 11.9 Å². The molecule has 0 unspecified atom stereocenters. The summed E-state index contributed by atoms with van der Waals surface area (Å²) in [5, 5.41) is 23.5. The molecule has 3 heterocycles. The van der Waals surface area contributed by atoms with Crippen LogP contribution in [0.2, 0.25) is 0 Å². The van der Waals surface area contributed by atoms with Crippen LogP contribution in [0.3, 0.4) is 0 Å². The molecular formula is C29H26F3N7O3. The van der Waals surface area contributed by atoms with Gasteiger partial charge in [-0.1, -0.05) is 18.1 Å². The van der Waals surface area contributed by atoms with Crippen molar-refractivity contribution in [1.82, 2.24) is 29.6 Å². The van der Waals surface area contributed by atoms with E-state index in [1.165, 1.54) is 28.8 Å². The molecule has 0 spiro atoms. The first kappa shape index (κ1) is 28.7. The Kier molecular flexibility index (Phi) is 7.93. The summed E-state index contributed by atoms with van der Waals surface area (Å²) in [7, 11) is 1.98. The fourth-order valence-corrected chi connectivity index (χ4v) is 4.51. The number of halogens is 3. The van der Waals surface area contributed by atoms with Crippen LogP contribution < -0.4 is 5.32 Å². The minimum Gasteiger partial charge on any atom is -0.478 e. The summed E-state index contributed by atoms with van der Waals surface area (Å²) in [4.78, 5) is 28.3. The molecule has 1 amide bonds. The van der Waals surface area contributed by atoms with E-state index in [1.54, 1.807) is 19.1 Å². The Balaban J connectivity index is 1.35. The maximum atomic E-state index is 14.0. The highest BCUT2D eigenvalue weighted by Crippen LogP contribution is 2.34. The molecule has 0 radical (unpaired) electrons. The van der Waals surface area contributed by atoms with Gasteiger partial charge in [-0.2, -0.15) is 22.8 Å². The third-order valence-corrected chi connectivity index (χ3v) is 6.98. The fourth-order valence-electron chi connectivity index (χ4n) is 4.51. The molecule has 0 atom stereocenters. The van der Waals surface area contributed by atoms with E-state index in [2.05, 4.69) is 37.4 Å². The normalized spacial score (nSPS) is 14.4. The second-order valence-corrected chi connectivity index (χ2v) is 10.0. The van der Waals surface area contributed by atoms with Gasteiger partial charge in [-0.05, 0) is 55.3 Å². The number of fused-ring (bicyclic) bond motifs is 1. The number of carboxylic acids is 1. The number of nitrogens with zero attached hydrogens (tertiary/aromatic N) is 6. The number of carbonyl (C=O) groups excluding carboxylic acids is 1. The van der Waals surface area contributed by atoms with Crippen LogP contribution in [0.4, 0.5) is 18.9 Å². The molecule has 2 aromatic carbocycles. The number of amides is 1. The highest BCUT2D eigenvalue weighted by atomic mass is 19.4. The SMILES string of the molecule is Cc1ccc(C(=O)Nc2ccc(CN3CCN(C)CC3)c(C(F)(F)F)c2)cc1C#Cc1nnc2cc(C(=O)O)cnn12. The van der Waals surface area contributed by atoms with Gasteiger partial charge in [0.05, 0.1) is 17.3 Å². The topological polar surface area (TPSA) is 116 Å². The Hall–Kier alpha value is -4.80. The van der Waals surface area contributed by atoms with Crippen molar-refractivity contribution in [2.24, 2.45) is 0 Å². The van der Waals surface area contributed by atoms with Crippen molar-refractivity contribution in [2.75, 3.05) is 38.5 Å². The highest BCUT2D eigenvalue weighted by molar-refractivity contribution is 6.04. The quantitative estimate of drug-likeness (QED) is 0.346. The number of anilines is 1. The second-order valence-electron chi connectivity index (χ2n) is 10.0. The first-order valence-corrected chi connectivity index (χ1v) is 13.0. The van der Waals surface area contributed by atoms with Crippen molar-refractivity contribution in [3.05, 3.63) is 87.9 Å². The monoisotopic (exact) mass is 577 g/mol. The number of likely N-dealkylation sites (N-methyl/N-ethyl adjacent to an activating group) is 1. The Labute approximate surface area is 238 Å². The van der Waals surface area contributed by atoms with E-state index >= 15 is 0 Å². The van der Waals surface area contributed by atoms with Gasteiger partial charge in [0.15, 0.2) is 5.65 Å². The lowest BCUT2D eigenvalue weighted by atomic mass is 10.0. The van der Waals surface area contributed by atoms with Gasteiger partial charge in [0.1, 0.15) is 0 Å².